The summed E-state index contributed by atoms with van der Waals surface area (Å²) in [6.45, 7) is 3.26. The molecule has 6 nitrogen and oxygen atoms in total. The molecule has 0 bridgehead atoms. The third kappa shape index (κ3) is 3.03. The number of aromatic nitrogens is 2. The van der Waals surface area contributed by atoms with Crippen molar-refractivity contribution in [3.63, 3.8) is 0 Å². The quantitative estimate of drug-likeness (QED) is 0.771. The predicted molar refractivity (Wildman–Crippen MR) is 77.1 cm³/mol. The predicted octanol–water partition coefficient (Wildman–Crippen LogP) is 0.342. The number of amides is 1. The Balaban J connectivity index is 2.22. The summed E-state index contributed by atoms with van der Waals surface area (Å²) in [7, 11) is 1.85. The normalized spacial score (nSPS) is 10.7. The van der Waals surface area contributed by atoms with Gasteiger partial charge in [0.15, 0.2) is 0 Å². The molecule has 2 N–H and O–H groups in total. The van der Waals surface area contributed by atoms with Crippen molar-refractivity contribution < 1.29 is 4.79 Å². The Morgan fingerprint density at radius 2 is 2.20 bits per heavy atom. The average Bonchev–Trinajstić information content (AvgIpc) is 2.43. The summed E-state index contributed by atoms with van der Waals surface area (Å²) in [5.74, 6) is -0.381. The molecule has 0 spiro atoms. The van der Waals surface area contributed by atoms with Crippen LogP contribution in [0.4, 0.5) is 0 Å². The van der Waals surface area contributed by atoms with E-state index in [9.17, 15) is 9.59 Å². The molecular weight excluding hydrogens is 256 g/mol. The summed E-state index contributed by atoms with van der Waals surface area (Å²) >= 11 is 0. The molecule has 2 rings (SSSR count). The molecule has 0 aliphatic carbocycles. The molecule has 0 radical (unpaired) electrons. The number of carbonyl (C=O) groups is 1. The molecule has 2 aromatic rings. The van der Waals surface area contributed by atoms with Crippen LogP contribution in [-0.4, -0.2) is 35.4 Å². The van der Waals surface area contributed by atoms with Gasteiger partial charge in [0.25, 0.3) is 11.5 Å². The molecule has 20 heavy (non-hydrogen) atoms. The van der Waals surface area contributed by atoms with Crippen molar-refractivity contribution in [2.45, 2.75) is 13.3 Å². The first-order chi connectivity index (χ1) is 9.63. The third-order valence-electron chi connectivity index (χ3n) is 3.00. The molecule has 6 heteroatoms. The summed E-state index contributed by atoms with van der Waals surface area (Å²) in [5.41, 5.74) is 1.28. The number of hydrogen-bond acceptors (Lipinski definition) is 4. The highest BCUT2D eigenvalue weighted by Gasteiger charge is 2.12. The van der Waals surface area contributed by atoms with E-state index in [-0.39, 0.29) is 17.0 Å². The van der Waals surface area contributed by atoms with Crippen molar-refractivity contribution in [2.75, 3.05) is 20.1 Å². The van der Waals surface area contributed by atoms with Gasteiger partial charge in [-0.3, -0.25) is 14.0 Å². The fourth-order valence-electron chi connectivity index (χ4n) is 1.89. The van der Waals surface area contributed by atoms with Gasteiger partial charge in [-0.1, -0.05) is 0 Å². The van der Waals surface area contributed by atoms with Crippen molar-refractivity contribution in [1.82, 2.24) is 20.0 Å². The van der Waals surface area contributed by atoms with Gasteiger partial charge in [0, 0.05) is 18.9 Å². The molecule has 0 saturated carbocycles. The van der Waals surface area contributed by atoms with Crippen LogP contribution >= 0.6 is 0 Å². The number of aryl methyl sites for hydroxylation is 1. The lowest BCUT2D eigenvalue weighted by atomic mass is 10.2. The van der Waals surface area contributed by atoms with Crippen LogP contribution in [0.15, 0.2) is 29.3 Å². The summed E-state index contributed by atoms with van der Waals surface area (Å²) in [5, 5.41) is 5.71. The van der Waals surface area contributed by atoms with E-state index in [1.807, 2.05) is 20.0 Å². The van der Waals surface area contributed by atoms with E-state index in [1.54, 1.807) is 12.3 Å². The number of rotatable bonds is 5. The Morgan fingerprint density at radius 3 is 2.95 bits per heavy atom. The van der Waals surface area contributed by atoms with E-state index < -0.39 is 0 Å². The molecule has 2 heterocycles. The van der Waals surface area contributed by atoms with E-state index in [0.717, 1.165) is 18.5 Å². The Morgan fingerprint density at radius 1 is 1.40 bits per heavy atom. The van der Waals surface area contributed by atoms with Crippen molar-refractivity contribution in [2.24, 2.45) is 0 Å². The highest BCUT2D eigenvalue weighted by molar-refractivity contribution is 5.93. The number of pyridine rings is 1. The highest BCUT2D eigenvalue weighted by atomic mass is 16.2. The van der Waals surface area contributed by atoms with Gasteiger partial charge in [0.2, 0.25) is 0 Å². The zero-order valence-electron chi connectivity index (χ0n) is 11.6. The first-order valence-electron chi connectivity index (χ1n) is 6.54. The minimum Gasteiger partial charge on any atom is -0.352 e. The minimum absolute atomic E-state index is 0.0656. The molecule has 1 amide bonds. The van der Waals surface area contributed by atoms with Crippen molar-refractivity contribution >= 4 is 11.6 Å². The molecule has 0 atom stereocenters. The molecule has 0 fully saturated rings. The molecule has 0 unspecified atom stereocenters. The smallest absolute Gasteiger partial charge is 0.270 e. The lowest BCUT2D eigenvalue weighted by molar-refractivity contribution is 0.0951. The van der Waals surface area contributed by atoms with Crippen LogP contribution in [0, 0.1) is 6.92 Å². The van der Waals surface area contributed by atoms with Crippen molar-refractivity contribution in [3.8, 4) is 0 Å². The Bertz CT molecular complexity index is 678. The molecular formula is C14H18N4O2. The van der Waals surface area contributed by atoms with Crippen molar-refractivity contribution in [1.29, 1.82) is 0 Å². The Labute approximate surface area is 116 Å². The standard InChI is InChI=1S/C14H18N4O2/c1-10-4-7-18-12(8-10)17-9-11(14(18)20)13(19)16-6-3-5-15-2/h4,7-9,15H,3,5-6H2,1-2H3,(H,16,19). The highest BCUT2D eigenvalue weighted by Crippen LogP contribution is 2.02. The molecule has 106 valence electrons. The second-order valence-corrected chi connectivity index (χ2v) is 4.62. The zero-order valence-corrected chi connectivity index (χ0v) is 11.6. The van der Waals surface area contributed by atoms with Gasteiger partial charge in [-0.15, -0.1) is 0 Å². The van der Waals surface area contributed by atoms with E-state index in [0.29, 0.717) is 12.2 Å². The SMILES string of the molecule is CNCCCNC(=O)c1cnc2cc(C)ccn2c1=O. The van der Waals surface area contributed by atoms with Crippen LogP contribution in [0.1, 0.15) is 22.3 Å². The Hall–Kier alpha value is -2.21. The van der Waals surface area contributed by atoms with Gasteiger partial charge in [-0.05, 0) is 44.6 Å². The van der Waals surface area contributed by atoms with Crippen LogP contribution in [0.2, 0.25) is 0 Å². The summed E-state index contributed by atoms with van der Waals surface area (Å²) in [4.78, 5) is 28.3. The van der Waals surface area contributed by atoms with Gasteiger partial charge in [0.05, 0.1) is 0 Å². The summed E-state index contributed by atoms with van der Waals surface area (Å²) < 4.78 is 1.38. The third-order valence-corrected chi connectivity index (χ3v) is 3.00. The monoisotopic (exact) mass is 274 g/mol. The van der Waals surface area contributed by atoms with Gasteiger partial charge in [0.1, 0.15) is 11.2 Å². The second-order valence-electron chi connectivity index (χ2n) is 4.62. The number of carbonyl (C=O) groups excluding carboxylic acids is 1. The summed E-state index contributed by atoms with van der Waals surface area (Å²) in [6, 6.07) is 3.61. The average molecular weight is 274 g/mol. The van der Waals surface area contributed by atoms with Crippen LogP contribution < -0.4 is 16.2 Å². The largest absolute Gasteiger partial charge is 0.352 e. The van der Waals surface area contributed by atoms with Crippen LogP contribution in [0.3, 0.4) is 0 Å². The van der Waals surface area contributed by atoms with Crippen LogP contribution in [0.25, 0.3) is 5.65 Å². The van der Waals surface area contributed by atoms with Gasteiger partial charge in [-0.2, -0.15) is 0 Å². The van der Waals surface area contributed by atoms with Gasteiger partial charge >= 0.3 is 0 Å². The van der Waals surface area contributed by atoms with E-state index in [4.69, 9.17) is 0 Å². The first-order valence-corrected chi connectivity index (χ1v) is 6.54. The molecule has 0 aliphatic rings. The van der Waals surface area contributed by atoms with E-state index >= 15 is 0 Å². The number of fused-ring (bicyclic) bond motifs is 1. The summed E-state index contributed by atoms with van der Waals surface area (Å²) in [6.07, 6.45) is 3.78. The Kier molecular flexibility index (Phi) is 4.47. The molecule has 0 aliphatic heterocycles. The number of nitrogens with zero attached hydrogens (tertiary/aromatic N) is 2. The van der Waals surface area contributed by atoms with Crippen molar-refractivity contribution in [3.05, 3.63) is 46.0 Å². The van der Waals surface area contributed by atoms with E-state index in [2.05, 4.69) is 15.6 Å². The fourth-order valence-corrected chi connectivity index (χ4v) is 1.89. The van der Waals surface area contributed by atoms with Crippen LogP contribution in [-0.2, 0) is 0 Å². The minimum atomic E-state index is -0.381. The topological polar surface area (TPSA) is 75.5 Å². The first kappa shape index (κ1) is 14.2. The maximum atomic E-state index is 12.2. The zero-order chi connectivity index (χ0) is 14.5. The fraction of sp³-hybridized carbons (Fsp3) is 0.357. The van der Waals surface area contributed by atoms with E-state index in [1.165, 1.54) is 10.6 Å². The van der Waals surface area contributed by atoms with Crippen LogP contribution in [0.5, 0.6) is 0 Å². The lowest BCUT2D eigenvalue weighted by Crippen LogP contribution is -2.33. The molecule has 0 saturated heterocycles. The maximum absolute atomic E-state index is 12.2. The lowest BCUT2D eigenvalue weighted by Gasteiger charge is -2.06. The van der Waals surface area contributed by atoms with Gasteiger partial charge in [-0.25, -0.2) is 4.98 Å². The maximum Gasteiger partial charge on any atom is 0.270 e. The van der Waals surface area contributed by atoms with Gasteiger partial charge < -0.3 is 10.6 Å². The molecule has 2 aromatic heterocycles. The number of hydrogen-bond donors (Lipinski definition) is 2. The second kappa shape index (κ2) is 6.29. The number of nitrogens with one attached hydrogen (secondary N) is 2. The molecule has 0 aromatic carbocycles.